The van der Waals surface area contributed by atoms with Crippen LogP contribution in [0.5, 0.6) is 0 Å². The van der Waals surface area contributed by atoms with Crippen LogP contribution in [0.15, 0.2) is 0 Å². The van der Waals surface area contributed by atoms with E-state index in [0.29, 0.717) is 12.8 Å². The van der Waals surface area contributed by atoms with E-state index in [9.17, 15) is 14.7 Å². The van der Waals surface area contributed by atoms with E-state index in [4.69, 9.17) is 9.47 Å². The molecule has 0 aromatic heterocycles. The van der Waals surface area contributed by atoms with Gasteiger partial charge >= 0.3 is 11.9 Å². The van der Waals surface area contributed by atoms with Crippen molar-refractivity contribution in [2.45, 2.75) is 206 Å². The van der Waals surface area contributed by atoms with Crippen LogP contribution in [0, 0.1) is 0 Å². The highest BCUT2D eigenvalue weighted by Crippen LogP contribution is 2.15. The topological polar surface area (TPSA) is 72.8 Å². The molecule has 0 heterocycles. The highest BCUT2D eigenvalue weighted by Gasteiger charge is 2.16. The van der Waals surface area contributed by atoms with E-state index in [1.165, 1.54) is 141 Å². The van der Waals surface area contributed by atoms with Crippen LogP contribution in [0.25, 0.3) is 0 Å². The second kappa shape index (κ2) is 33.4. The summed E-state index contributed by atoms with van der Waals surface area (Å²) in [5, 5.41) is 9.49. The third kappa shape index (κ3) is 31.7. The largest absolute Gasteiger partial charge is 0.462 e. The van der Waals surface area contributed by atoms with Crippen molar-refractivity contribution in [1.82, 2.24) is 0 Å². The van der Waals surface area contributed by atoms with Gasteiger partial charge in [0, 0.05) is 12.8 Å². The third-order valence-electron chi connectivity index (χ3n) is 8.15. The Morgan fingerprint density at radius 3 is 1.07 bits per heavy atom. The molecule has 0 spiro atoms. The molecular weight excluding hydrogens is 512 g/mol. The van der Waals surface area contributed by atoms with Crippen LogP contribution < -0.4 is 0 Å². The molecule has 0 saturated carbocycles. The molecule has 0 fully saturated rings. The molecule has 0 aliphatic carbocycles. The average molecular weight is 583 g/mol. The van der Waals surface area contributed by atoms with Gasteiger partial charge in [0.25, 0.3) is 0 Å². The Bertz CT molecular complexity index is 550. The molecule has 0 aromatic carbocycles. The summed E-state index contributed by atoms with van der Waals surface area (Å²) >= 11 is 0. The van der Waals surface area contributed by atoms with Gasteiger partial charge in [0.05, 0.1) is 6.61 Å². The monoisotopic (exact) mass is 583 g/mol. The summed E-state index contributed by atoms with van der Waals surface area (Å²) in [6.45, 7) is 4.13. The lowest BCUT2D eigenvalue weighted by atomic mass is 10.0. The first-order valence-corrected chi connectivity index (χ1v) is 18.1. The fraction of sp³-hybridized carbons (Fsp3) is 0.944. The SMILES string of the molecule is CCCCCCCCCCCCCCCCCCCCC(=O)OC[C@H](CO)OC(=O)CCCCCCCCCCC. The van der Waals surface area contributed by atoms with Crippen molar-refractivity contribution in [1.29, 1.82) is 0 Å². The molecule has 0 aliphatic rings. The summed E-state index contributed by atoms with van der Waals surface area (Å²) in [6.07, 6.45) is 34.5. The van der Waals surface area contributed by atoms with Crippen LogP contribution >= 0.6 is 0 Å². The first-order chi connectivity index (χ1) is 20.1. The van der Waals surface area contributed by atoms with Gasteiger partial charge in [0.2, 0.25) is 0 Å². The number of hydrogen-bond acceptors (Lipinski definition) is 5. The average Bonchev–Trinajstić information content (AvgIpc) is 2.97. The van der Waals surface area contributed by atoms with Crippen LogP contribution in [0.2, 0.25) is 0 Å². The summed E-state index contributed by atoms with van der Waals surface area (Å²) < 4.78 is 10.5. The fourth-order valence-corrected chi connectivity index (χ4v) is 5.38. The minimum atomic E-state index is -0.759. The zero-order chi connectivity index (χ0) is 30.1. The Morgan fingerprint density at radius 1 is 0.463 bits per heavy atom. The number of unbranched alkanes of at least 4 members (excludes halogenated alkanes) is 25. The number of esters is 2. The Kier molecular flexibility index (Phi) is 32.5. The molecule has 0 unspecified atom stereocenters. The number of aliphatic hydroxyl groups excluding tert-OH is 1. The summed E-state index contributed by atoms with van der Waals surface area (Å²) in [6, 6.07) is 0. The Labute approximate surface area is 255 Å². The van der Waals surface area contributed by atoms with E-state index in [1.807, 2.05) is 0 Å². The van der Waals surface area contributed by atoms with Crippen LogP contribution in [-0.2, 0) is 19.1 Å². The lowest BCUT2D eigenvalue weighted by molar-refractivity contribution is -0.161. The van der Waals surface area contributed by atoms with Crippen molar-refractivity contribution in [3.63, 3.8) is 0 Å². The normalized spacial score (nSPS) is 12.0. The number of hydrogen-bond donors (Lipinski definition) is 1. The molecule has 0 aliphatic heterocycles. The lowest BCUT2D eigenvalue weighted by Crippen LogP contribution is -2.28. The van der Waals surface area contributed by atoms with E-state index in [1.54, 1.807) is 0 Å². The maximum absolute atomic E-state index is 12.0. The quantitative estimate of drug-likeness (QED) is 0.0615. The molecule has 0 amide bonds. The first-order valence-electron chi connectivity index (χ1n) is 18.1. The van der Waals surface area contributed by atoms with E-state index >= 15 is 0 Å². The maximum atomic E-state index is 12.0. The second-order valence-corrected chi connectivity index (χ2v) is 12.3. The van der Waals surface area contributed by atoms with Crippen molar-refractivity contribution in [2.75, 3.05) is 13.2 Å². The molecule has 0 radical (unpaired) electrons. The minimum Gasteiger partial charge on any atom is -0.462 e. The van der Waals surface area contributed by atoms with Crippen molar-refractivity contribution < 1.29 is 24.2 Å². The highest BCUT2D eigenvalue weighted by atomic mass is 16.6. The van der Waals surface area contributed by atoms with Crippen molar-refractivity contribution in [3.05, 3.63) is 0 Å². The molecule has 0 saturated heterocycles. The Balaban J connectivity index is 3.47. The van der Waals surface area contributed by atoms with Gasteiger partial charge in [-0.2, -0.15) is 0 Å². The van der Waals surface area contributed by atoms with Crippen molar-refractivity contribution in [2.24, 2.45) is 0 Å². The van der Waals surface area contributed by atoms with E-state index < -0.39 is 6.10 Å². The second-order valence-electron chi connectivity index (χ2n) is 12.3. The summed E-state index contributed by atoms with van der Waals surface area (Å²) in [5.74, 6) is -0.582. The molecule has 0 bridgehead atoms. The minimum absolute atomic E-state index is 0.0577. The van der Waals surface area contributed by atoms with E-state index in [0.717, 1.165) is 32.1 Å². The van der Waals surface area contributed by atoms with Gasteiger partial charge in [0.1, 0.15) is 6.61 Å². The molecule has 1 atom stereocenters. The lowest BCUT2D eigenvalue weighted by Gasteiger charge is -2.15. The zero-order valence-corrected chi connectivity index (χ0v) is 27.6. The molecular formula is C36H70O5. The molecule has 5 nitrogen and oxygen atoms in total. The van der Waals surface area contributed by atoms with Crippen molar-refractivity contribution in [3.8, 4) is 0 Å². The molecule has 5 heteroatoms. The number of carbonyl (C=O) groups excluding carboxylic acids is 2. The van der Waals surface area contributed by atoms with Crippen LogP contribution in [0.1, 0.15) is 200 Å². The van der Waals surface area contributed by atoms with Crippen molar-refractivity contribution >= 4 is 11.9 Å². The molecule has 1 N–H and O–H groups in total. The van der Waals surface area contributed by atoms with Crippen LogP contribution in [0.4, 0.5) is 0 Å². The molecule has 0 aromatic rings. The predicted molar refractivity (Wildman–Crippen MR) is 173 cm³/mol. The molecule has 41 heavy (non-hydrogen) atoms. The van der Waals surface area contributed by atoms with Gasteiger partial charge in [-0.15, -0.1) is 0 Å². The van der Waals surface area contributed by atoms with Gasteiger partial charge in [0.15, 0.2) is 6.10 Å². The Hall–Kier alpha value is -1.10. The van der Waals surface area contributed by atoms with Gasteiger partial charge in [-0.05, 0) is 12.8 Å². The number of rotatable bonds is 33. The summed E-state index contributed by atoms with van der Waals surface area (Å²) in [5.41, 5.74) is 0. The van der Waals surface area contributed by atoms with Gasteiger partial charge in [-0.3, -0.25) is 9.59 Å². The number of ether oxygens (including phenoxy) is 2. The van der Waals surface area contributed by atoms with Crippen LogP contribution in [0.3, 0.4) is 0 Å². The van der Waals surface area contributed by atoms with E-state index in [-0.39, 0.29) is 25.2 Å². The maximum Gasteiger partial charge on any atom is 0.306 e. The van der Waals surface area contributed by atoms with Gasteiger partial charge in [-0.1, -0.05) is 174 Å². The highest BCUT2D eigenvalue weighted by molar-refractivity contribution is 5.70. The predicted octanol–water partition coefficient (Wildman–Crippen LogP) is 10.8. The molecule has 244 valence electrons. The van der Waals surface area contributed by atoms with Gasteiger partial charge in [-0.25, -0.2) is 0 Å². The summed E-state index contributed by atoms with van der Waals surface area (Å²) in [4.78, 5) is 24.1. The standard InChI is InChI=1S/C36H70O5/c1-3-5-7-9-11-13-14-15-16-17-18-19-20-21-23-24-26-28-30-35(38)40-33-34(32-37)41-36(39)31-29-27-25-22-12-10-8-6-4-2/h34,37H,3-33H2,1-2H3/t34-/m0/s1. The van der Waals surface area contributed by atoms with E-state index in [2.05, 4.69) is 13.8 Å². The number of carbonyl (C=O) groups is 2. The Morgan fingerprint density at radius 2 is 0.756 bits per heavy atom. The zero-order valence-electron chi connectivity index (χ0n) is 27.6. The molecule has 0 rings (SSSR count). The van der Waals surface area contributed by atoms with Gasteiger partial charge < -0.3 is 14.6 Å². The first kappa shape index (κ1) is 39.9. The summed E-state index contributed by atoms with van der Waals surface area (Å²) in [7, 11) is 0. The number of aliphatic hydroxyl groups is 1. The smallest absolute Gasteiger partial charge is 0.306 e. The van der Waals surface area contributed by atoms with Crippen LogP contribution in [-0.4, -0.2) is 36.4 Å². The fourth-order valence-electron chi connectivity index (χ4n) is 5.38. The third-order valence-corrected chi connectivity index (χ3v) is 8.15.